The molecular weight excluding hydrogens is 412 g/mol. The number of hydrazone groups is 1. The number of hydrogen-bond acceptors (Lipinski definition) is 3. The van der Waals surface area contributed by atoms with Gasteiger partial charge in [0.1, 0.15) is 5.71 Å². The number of para-hydroxylation sites is 1. The molecule has 0 aliphatic heterocycles. The quantitative estimate of drug-likeness (QED) is 0.365. The van der Waals surface area contributed by atoms with E-state index >= 15 is 0 Å². The van der Waals surface area contributed by atoms with Crippen LogP contribution in [-0.4, -0.2) is 21.4 Å². The first-order valence-corrected chi connectivity index (χ1v) is 9.99. The Bertz CT molecular complexity index is 1290. The van der Waals surface area contributed by atoms with Crippen LogP contribution in [0.3, 0.4) is 0 Å². The number of aryl methyl sites for hydroxylation is 1. The van der Waals surface area contributed by atoms with E-state index in [-0.39, 0.29) is 5.56 Å². The summed E-state index contributed by atoms with van der Waals surface area (Å²) in [6, 6.07) is 25.0. The fraction of sp³-hybridized carbons (Fsp3) is 0.0417. The monoisotopic (exact) mass is 430 g/mol. The summed E-state index contributed by atoms with van der Waals surface area (Å²) in [6.45, 7) is 1.80. The van der Waals surface area contributed by atoms with Crippen molar-refractivity contribution in [2.45, 2.75) is 6.92 Å². The zero-order chi connectivity index (χ0) is 21.8. The minimum atomic E-state index is -0.401. The maximum atomic E-state index is 13.3. The van der Waals surface area contributed by atoms with E-state index in [1.54, 1.807) is 31.2 Å². The number of aromatic nitrogens is 2. The lowest BCUT2D eigenvalue weighted by molar-refractivity contribution is 0.0955. The number of benzene rings is 3. The second-order valence-corrected chi connectivity index (χ2v) is 7.30. The van der Waals surface area contributed by atoms with E-state index in [1.807, 2.05) is 60.7 Å². The molecular formula is C24H19ClN4O2. The Hall–Kier alpha value is -3.90. The lowest BCUT2D eigenvalue weighted by Gasteiger charge is -2.07. The third-order valence-corrected chi connectivity index (χ3v) is 5.00. The zero-order valence-corrected chi connectivity index (χ0v) is 17.4. The summed E-state index contributed by atoms with van der Waals surface area (Å²) in [5, 5.41) is 7.98. The fourth-order valence-electron chi connectivity index (χ4n) is 3.22. The van der Waals surface area contributed by atoms with Crippen LogP contribution in [0.25, 0.3) is 5.69 Å². The van der Waals surface area contributed by atoms with Crippen molar-refractivity contribution in [1.82, 2.24) is 15.2 Å². The molecule has 0 saturated carbocycles. The summed E-state index contributed by atoms with van der Waals surface area (Å²) in [5.41, 5.74) is 5.52. The number of carbonyl (C=O) groups excluding carboxylic acids is 1. The lowest BCUT2D eigenvalue weighted by Crippen LogP contribution is -2.25. The SMILES string of the molecule is Cc1[nH]n(-c2ccccc2)c(=O)c1C(=NNC(=O)c1ccc(Cl)cc1)c1ccccc1. The van der Waals surface area contributed by atoms with Gasteiger partial charge in [0, 0.05) is 21.8 Å². The van der Waals surface area contributed by atoms with E-state index in [9.17, 15) is 9.59 Å². The van der Waals surface area contributed by atoms with Gasteiger partial charge in [-0.3, -0.25) is 14.7 Å². The summed E-state index contributed by atoms with van der Waals surface area (Å²) in [7, 11) is 0. The number of nitrogens with zero attached hydrogens (tertiary/aromatic N) is 2. The van der Waals surface area contributed by atoms with Gasteiger partial charge >= 0.3 is 0 Å². The van der Waals surface area contributed by atoms with Crippen LogP contribution >= 0.6 is 11.6 Å². The number of aromatic amines is 1. The molecule has 1 aromatic heterocycles. The molecule has 154 valence electrons. The normalized spacial score (nSPS) is 11.4. The topological polar surface area (TPSA) is 79.2 Å². The summed E-state index contributed by atoms with van der Waals surface area (Å²) >= 11 is 5.89. The van der Waals surface area contributed by atoms with E-state index in [1.165, 1.54) is 4.68 Å². The Morgan fingerprint density at radius 2 is 1.52 bits per heavy atom. The number of carbonyl (C=O) groups is 1. The molecule has 2 N–H and O–H groups in total. The van der Waals surface area contributed by atoms with E-state index in [2.05, 4.69) is 15.6 Å². The first kappa shape index (κ1) is 20.4. The van der Waals surface area contributed by atoms with Crippen molar-refractivity contribution in [3.63, 3.8) is 0 Å². The predicted octanol–water partition coefficient (Wildman–Crippen LogP) is 4.31. The molecule has 6 nitrogen and oxygen atoms in total. The molecule has 3 aromatic carbocycles. The van der Waals surface area contributed by atoms with E-state index < -0.39 is 5.91 Å². The molecule has 0 unspecified atom stereocenters. The lowest BCUT2D eigenvalue weighted by atomic mass is 10.0. The molecule has 0 atom stereocenters. The highest BCUT2D eigenvalue weighted by atomic mass is 35.5. The molecule has 7 heteroatoms. The molecule has 0 fully saturated rings. The van der Waals surface area contributed by atoms with E-state index in [4.69, 9.17) is 11.6 Å². The van der Waals surface area contributed by atoms with Crippen LogP contribution in [-0.2, 0) is 0 Å². The average Bonchev–Trinajstić information content (AvgIpc) is 3.10. The van der Waals surface area contributed by atoms with Gasteiger partial charge in [-0.1, -0.05) is 60.1 Å². The number of rotatable bonds is 5. The van der Waals surface area contributed by atoms with Gasteiger partial charge in [-0.25, -0.2) is 10.1 Å². The van der Waals surface area contributed by atoms with Crippen molar-refractivity contribution < 1.29 is 4.79 Å². The minimum absolute atomic E-state index is 0.257. The van der Waals surface area contributed by atoms with Crippen LogP contribution in [0.5, 0.6) is 0 Å². The van der Waals surface area contributed by atoms with Gasteiger partial charge < -0.3 is 0 Å². The molecule has 0 aliphatic rings. The van der Waals surface area contributed by atoms with Crippen LogP contribution in [0.4, 0.5) is 0 Å². The molecule has 0 aliphatic carbocycles. The average molecular weight is 431 g/mol. The van der Waals surface area contributed by atoms with Crippen LogP contribution in [0, 0.1) is 6.92 Å². The maximum Gasteiger partial charge on any atom is 0.281 e. The van der Waals surface area contributed by atoms with Gasteiger partial charge in [-0.15, -0.1) is 0 Å². The smallest absolute Gasteiger partial charge is 0.281 e. The molecule has 0 spiro atoms. The van der Waals surface area contributed by atoms with Gasteiger partial charge in [0.2, 0.25) is 0 Å². The van der Waals surface area contributed by atoms with Crippen molar-refractivity contribution in [2.24, 2.45) is 5.10 Å². The largest absolute Gasteiger partial charge is 0.295 e. The highest BCUT2D eigenvalue weighted by Gasteiger charge is 2.20. The third kappa shape index (κ3) is 4.34. The zero-order valence-electron chi connectivity index (χ0n) is 16.7. The summed E-state index contributed by atoms with van der Waals surface area (Å²) in [4.78, 5) is 25.8. The number of amides is 1. The summed E-state index contributed by atoms with van der Waals surface area (Å²) < 4.78 is 1.46. The molecule has 1 heterocycles. The Labute approximate surface area is 183 Å². The fourth-order valence-corrected chi connectivity index (χ4v) is 3.34. The Balaban J connectivity index is 1.77. The van der Waals surface area contributed by atoms with Crippen LogP contribution in [0.15, 0.2) is 94.8 Å². The second-order valence-electron chi connectivity index (χ2n) is 6.86. The first-order valence-electron chi connectivity index (χ1n) is 9.61. The molecule has 31 heavy (non-hydrogen) atoms. The first-order chi connectivity index (χ1) is 15.0. The number of hydrogen-bond donors (Lipinski definition) is 2. The summed E-state index contributed by atoms with van der Waals surface area (Å²) in [5.74, 6) is -0.401. The molecule has 0 saturated heterocycles. The second kappa shape index (κ2) is 8.85. The van der Waals surface area contributed by atoms with E-state index in [0.29, 0.717) is 38.8 Å². The van der Waals surface area contributed by atoms with Crippen molar-refractivity contribution in [1.29, 1.82) is 0 Å². The number of H-pyrrole nitrogens is 1. The predicted molar refractivity (Wildman–Crippen MR) is 122 cm³/mol. The van der Waals surface area contributed by atoms with Crippen LogP contribution in [0.2, 0.25) is 5.02 Å². The van der Waals surface area contributed by atoms with Crippen molar-refractivity contribution in [3.8, 4) is 5.69 Å². The molecule has 4 rings (SSSR count). The van der Waals surface area contributed by atoms with Crippen molar-refractivity contribution in [2.75, 3.05) is 0 Å². The third-order valence-electron chi connectivity index (χ3n) is 4.75. The Morgan fingerprint density at radius 3 is 2.16 bits per heavy atom. The Morgan fingerprint density at radius 1 is 0.903 bits per heavy atom. The standard InChI is InChI=1S/C24H19ClN4O2/c1-16-21(24(31)29(28-16)20-10-6-3-7-11-20)22(17-8-4-2-5-9-17)26-27-23(30)18-12-14-19(25)15-13-18/h2-15,28H,1H3,(H,27,30). The maximum absolute atomic E-state index is 13.3. The van der Waals surface area contributed by atoms with Crippen molar-refractivity contribution in [3.05, 3.63) is 123 Å². The van der Waals surface area contributed by atoms with Gasteiger partial charge in [0.15, 0.2) is 0 Å². The number of nitrogens with one attached hydrogen (secondary N) is 2. The molecule has 0 radical (unpaired) electrons. The van der Waals surface area contributed by atoms with Gasteiger partial charge in [-0.2, -0.15) is 5.10 Å². The van der Waals surface area contributed by atoms with Crippen LogP contribution < -0.4 is 11.0 Å². The number of halogens is 1. The van der Waals surface area contributed by atoms with Crippen molar-refractivity contribution >= 4 is 23.2 Å². The minimum Gasteiger partial charge on any atom is -0.295 e. The van der Waals surface area contributed by atoms with Gasteiger partial charge in [0.05, 0.1) is 11.3 Å². The van der Waals surface area contributed by atoms with Gasteiger partial charge in [-0.05, 0) is 43.3 Å². The highest BCUT2D eigenvalue weighted by Crippen LogP contribution is 2.14. The van der Waals surface area contributed by atoms with E-state index in [0.717, 1.165) is 0 Å². The molecule has 4 aromatic rings. The van der Waals surface area contributed by atoms with Crippen LogP contribution in [0.1, 0.15) is 27.2 Å². The highest BCUT2D eigenvalue weighted by molar-refractivity contribution is 6.30. The Kier molecular flexibility index (Phi) is 5.82. The van der Waals surface area contributed by atoms with Gasteiger partial charge in [0.25, 0.3) is 11.5 Å². The molecule has 1 amide bonds. The molecule has 0 bridgehead atoms. The summed E-state index contributed by atoms with van der Waals surface area (Å²) in [6.07, 6.45) is 0.